The van der Waals surface area contributed by atoms with E-state index in [0.29, 0.717) is 0 Å². The van der Waals surface area contributed by atoms with Crippen molar-refractivity contribution in [2.24, 2.45) is 0 Å². The van der Waals surface area contributed by atoms with Crippen molar-refractivity contribution in [3.8, 4) is 0 Å². The minimum Gasteiger partial charge on any atom is -0.354 e. The molecule has 1 aromatic carbocycles. The van der Waals surface area contributed by atoms with Crippen LogP contribution in [0.1, 0.15) is 16.8 Å². The van der Waals surface area contributed by atoms with Gasteiger partial charge < -0.3 is 4.90 Å². The maximum absolute atomic E-state index is 4.97. The largest absolute Gasteiger partial charge is 0.354 e. The van der Waals surface area contributed by atoms with Crippen LogP contribution in [-0.2, 0) is 6.54 Å². The van der Waals surface area contributed by atoms with Crippen LogP contribution in [0, 0.1) is 13.8 Å². The van der Waals surface area contributed by atoms with Gasteiger partial charge in [0, 0.05) is 49.2 Å². The zero-order valence-electron chi connectivity index (χ0n) is 16.3. The van der Waals surface area contributed by atoms with E-state index in [2.05, 4.69) is 65.2 Å². The van der Waals surface area contributed by atoms with Crippen molar-refractivity contribution < 1.29 is 0 Å². The van der Waals surface area contributed by atoms with E-state index >= 15 is 0 Å². The van der Waals surface area contributed by atoms with Gasteiger partial charge in [0.2, 0.25) is 0 Å². The van der Waals surface area contributed by atoms with Crippen molar-refractivity contribution in [1.82, 2.24) is 14.9 Å². The third-order valence-corrected chi connectivity index (χ3v) is 6.12. The molecule has 0 spiro atoms. The molecule has 3 aromatic rings. The van der Waals surface area contributed by atoms with Gasteiger partial charge in [-0.2, -0.15) is 0 Å². The van der Waals surface area contributed by atoms with Crippen molar-refractivity contribution >= 4 is 28.5 Å². The molecule has 0 unspecified atom stereocenters. The molecule has 1 saturated heterocycles. The molecule has 2 aromatic heterocycles. The number of benzene rings is 1. The Hall–Kier alpha value is -2.11. The zero-order valence-corrected chi connectivity index (χ0v) is 17.1. The molecule has 0 bridgehead atoms. The van der Waals surface area contributed by atoms with Gasteiger partial charge in [-0.25, -0.2) is 4.98 Å². The first-order valence-electron chi connectivity index (χ1n) is 9.47. The number of pyridine rings is 2. The normalized spacial score (nSPS) is 15.4. The van der Waals surface area contributed by atoms with E-state index in [4.69, 9.17) is 4.98 Å². The second-order valence-electron chi connectivity index (χ2n) is 7.21. The molecular weight excluding hydrogens is 352 g/mol. The number of hydrogen-bond donors (Lipinski definition) is 0. The Kier molecular flexibility index (Phi) is 5.32. The highest BCUT2D eigenvalue weighted by Gasteiger charge is 2.19. The monoisotopic (exact) mass is 378 g/mol. The average molecular weight is 379 g/mol. The van der Waals surface area contributed by atoms with Gasteiger partial charge in [0.15, 0.2) is 0 Å². The third-order valence-electron chi connectivity index (χ3n) is 5.40. The molecule has 5 heteroatoms. The third kappa shape index (κ3) is 3.94. The number of aryl methyl sites for hydroxylation is 2. The van der Waals surface area contributed by atoms with E-state index in [1.165, 1.54) is 27.1 Å². The van der Waals surface area contributed by atoms with Gasteiger partial charge in [-0.05, 0) is 55.5 Å². The van der Waals surface area contributed by atoms with E-state index in [1.54, 1.807) is 11.8 Å². The smallest absolute Gasteiger partial charge is 0.129 e. The second kappa shape index (κ2) is 7.87. The maximum Gasteiger partial charge on any atom is 0.129 e. The van der Waals surface area contributed by atoms with E-state index in [-0.39, 0.29) is 0 Å². The van der Waals surface area contributed by atoms with Gasteiger partial charge in [0.25, 0.3) is 0 Å². The molecule has 1 aliphatic rings. The summed E-state index contributed by atoms with van der Waals surface area (Å²) in [7, 11) is 0. The summed E-state index contributed by atoms with van der Waals surface area (Å²) in [4.78, 5) is 15.7. The number of aromatic nitrogens is 2. The summed E-state index contributed by atoms with van der Waals surface area (Å²) < 4.78 is 0. The quantitative estimate of drug-likeness (QED) is 0.632. The lowest BCUT2D eigenvalue weighted by atomic mass is 10.1. The van der Waals surface area contributed by atoms with Crippen LogP contribution in [0.3, 0.4) is 0 Å². The highest BCUT2D eigenvalue weighted by atomic mass is 32.2. The lowest BCUT2D eigenvalue weighted by Crippen LogP contribution is -2.46. The van der Waals surface area contributed by atoms with Gasteiger partial charge in [-0.1, -0.05) is 12.1 Å². The topological polar surface area (TPSA) is 32.3 Å². The predicted octanol–water partition coefficient (Wildman–Crippen LogP) is 4.29. The standard InChI is InChI=1S/C22H26N4S/c1-16-5-4-8-23-21(16)15-25-9-11-26(12-10-25)22-13-17(2)19-7-6-18(27-3)14-20(19)24-22/h4-8,13-14H,9-12,15H2,1-3H3. The Morgan fingerprint density at radius 1 is 1.00 bits per heavy atom. The molecule has 140 valence electrons. The Balaban J connectivity index is 1.48. The van der Waals surface area contributed by atoms with Gasteiger partial charge in [-0.15, -0.1) is 11.8 Å². The van der Waals surface area contributed by atoms with Gasteiger partial charge in [-0.3, -0.25) is 9.88 Å². The van der Waals surface area contributed by atoms with Crippen LogP contribution in [0.15, 0.2) is 47.5 Å². The molecular formula is C22H26N4S. The molecule has 3 heterocycles. The van der Waals surface area contributed by atoms with E-state index in [9.17, 15) is 0 Å². The minimum atomic E-state index is 0.932. The fourth-order valence-electron chi connectivity index (χ4n) is 3.68. The molecule has 1 aliphatic heterocycles. The summed E-state index contributed by atoms with van der Waals surface area (Å²) in [5.41, 5.74) is 4.86. The molecule has 27 heavy (non-hydrogen) atoms. The van der Waals surface area contributed by atoms with Crippen LogP contribution in [-0.4, -0.2) is 47.3 Å². The van der Waals surface area contributed by atoms with Crippen molar-refractivity contribution in [1.29, 1.82) is 0 Å². The maximum atomic E-state index is 4.97. The predicted molar refractivity (Wildman–Crippen MR) is 115 cm³/mol. The summed E-state index contributed by atoms with van der Waals surface area (Å²) >= 11 is 1.77. The first-order chi connectivity index (χ1) is 13.1. The highest BCUT2D eigenvalue weighted by Crippen LogP contribution is 2.27. The SMILES string of the molecule is CSc1ccc2c(C)cc(N3CCN(Cc4ncccc4C)CC3)nc2c1. The van der Waals surface area contributed by atoms with E-state index < -0.39 is 0 Å². The van der Waals surface area contributed by atoms with Crippen molar-refractivity contribution in [3.63, 3.8) is 0 Å². The Morgan fingerprint density at radius 3 is 2.56 bits per heavy atom. The zero-order chi connectivity index (χ0) is 18.8. The second-order valence-corrected chi connectivity index (χ2v) is 8.09. The molecule has 4 nitrogen and oxygen atoms in total. The first-order valence-corrected chi connectivity index (χ1v) is 10.7. The van der Waals surface area contributed by atoms with Crippen molar-refractivity contribution in [2.45, 2.75) is 25.3 Å². The van der Waals surface area contributed by atoms with Crippen LogP contribution in [0.2, 0.25) is 0 Å². The van der Waals surface area contributed by atoms with Crippen LogP contribution >= 0.6 is 11.8 Å². The van der Waals surface area contributed by atoms with Crippen LogP contribution < -0.4 is 4.90 Å². The fraction of sp³-hybridized carbons (Fsp3) is 0.364. The van der Waals surface area contributed by atoms with Crippen LogP contribution in [0.4, 0.5) is 5.82 Å². The summed E-state index contributed by atoms with van der Waals surface area (Å²) in [6, 6.07) is 13.0. The number of fused-ring (bicyclic) bond motifs is 1. The summed E-state index contributed by atoms with van der Waals surface area (Å²) in [5.74, 6) is 1.10. The Labute approximate surface area is 165 Å². The lowest BCUT2D eigenvalue weighted by Gasteiger charge is -2.35. The Bertz CT molecular complexity index is 948. The summed E-state index contributed by atoms with van der Waals surface area (Å²) in [6.45, 7) is 9.36. The minimum absolute atomic E-state index is 0.932. The van der Waals surface area contributed by atoms with Crippen molar-refractivity contribution in [3.05, 3.63) is 59.4 Å². The molecule has 0 N–H and O–H groups in total. The molecule has 0 radical (unpaired) electrons. The van der Waals surface area contributed by atoms with E-state index in [1.807, 2.05) is 12.3 Å². The number of rotatable bonds is 4. The van der Waals surface area contributed by atoms with E-state index in [0.717, 1.165) is 44.1 Å². The van der Waals surface area contributed by atoms with Gasteiger partial charge in [0.05, 0.1) is 11.2 Å². The number of nitrogens with zero attached hydrogens (tertiary/aromatic N) is 4. The first kappa shape index (κ1) is 18.3. The molecule has 0 aliphatic carbocycles. The highest BCUT2D eigenvalue weighted by molar-refractivity contribution is 7.98. The number of anilines is 1. The summed E-state index contributed by atoms with van der Waals surface area (Å²) in [5, 5.41) is 1.25. The van der Waals surface area contributed by atoms with Crippen LogP contribution in [0.25, 0.3) is 10.9 Å². The molecule has 0 amide bonds. The number of hydrogen-bond acceptors (Lipinski definition) is 5. The lowest BCUT2D eigenvalue weighted by molar-refractivity contribution is 0.246. The Morgan fingerprint density at radius 2 is 1.81 bits per heavy atom. The average Bonchev–Trinajstić information content (AvgIpc) is 2.70. The molecule has 0 atom stereocenters. The number of thioether (sulfide) groups is 1. The molecule has 0 saturated carbocycles. The molecule has 4 rings (SSSR count). The van der Waals surface area contributed by atoms with Crippen LogP contribution in [0.5, 0.6) is 0 Å². The number of piperazine rings is 1. The fourth-order valence-corrected chi connectivity index (χ4v) is 4.12. The van der Waals surface area contributed by atoms with Crippen molar-refractivity contribution in [2.75, 3.05) is 37.3 Å². The molecule has 1 fully saturated rings. The van der Waals surface area contributed by atoms with Gasteiger partial charge in [0.1, 0.15) is 5.82 Å². The van der Waals surface area contributed by atoms with Gasteiger partial charge >= 0.3 is 0 Å². The summed E-state index contributed by atoms with van der Waals surface area (Å²) in [6.07, 6.45) is 4.00.